The fourth-order valence-corrected chi connectivity index (χ4v) is 0.292. The van der Waals surface area contributed by atoms with Gasteiger partial charge in [0.1, 0.15) is 0 Å². The van der Waals surface area contributed by atoms with Gasteiger partial charge in [-0.2, -0.15) is 0 Å². The molecule has 0 radical (unpaired) electrons. The van der Waals surface area contributed by atoms with Gasteiger partial charge >= 0.3 is 0 Å². The Labute approximate surface area is 51.0 Å². The Morgan fingerprint density at radius 2 is 2.62 bits per heavy atom. The van der Waals surface area contributed by atoms with Gasteiger partial charge in [0.25, 0.3) is 0 Å². The molecule has 0 unspecified atom stereocenters. The van der Waals surface area contributed by atoms with Crippen LogP contribution in [0.3, 0.4) is 0 Å². The van der Waals surface area contributed by atoms with Crippen LogP contribution in [0.5, 0.6) is 5.75 Å². The Morgan fingerprint density at radius 3 is 3.38 bits per heavy atom. The molecule has 0 atom stereocenters. The standard InChI is InChI=1S/C5H6N2O/c6-5-4(8)2-1-3-7-5/h1-3,8H,(H2,6,7)/i1D,2D,3D. The Morgan fingerprint density at radius 1 is 1.88 bits per heavy atom. The Hall–Kier alpha value is -1.25. The molecule has 1 aromatic rings. The number of aromatic nitrogens is 1. The van der Waals surface area contributed by atoms with E-state index in [1.165, 1.54) is 0 Å². The molecule has 3 heteroatoms. The first kappa shape index (κ1) is 2.35. The van der Waals surface area contributed by atoms with Crippen molar-refractivity contribution >= 4 is 5.82 Å². The number of hydrogen-bond acceptors (Lipinski definition) is 3. The lowest BCUT2D eigenvalue weighted by molar-refractivity contribution is 0.476. The number of aromatic hydroxyl groups is 1. The summed E-state index contributed by atoms with van der Waals surface area (Å²) in [5, 5.41) is 8.93. The Kier molecular flexibility index (Phi) is 0.497. The van der Waals surface area contributed by atoms with E-state index in [0.717, 1.165) is 0 Å². The van der Waals surface area contributed by atoms with Crippen LogP contribution in [0, 0.1) is 0 Å². The zero-order chi connectivity index (χ0) is 8.59. The molecular formula is C5H6N2O. The summed E-state index contributed by atoms with van der Waals surface area (Å²) in [4.78, 5) is 3.32. The molecule has 0 aliphatic carbocycles. The second kappa shape index (κ2) is 1.69. The molecule has 0 saturated heterocycles. The molecule has 1 aromatic heterocycles. The lowest BCUT2D eigenvalue weighted by Gasteiger charge is -1.91. The number of rotatable bonds is 0. The van der Waals surface area contributed by atoms with Crippen molar-refractivity contribution in [2.75, 3.05) is 5.73 Å². The van der Waals surface area contributed by atoms with Gasteiger partial charge < -0.3 is 10.8 Å². The van der Waals surface area contributed by atoms with Gasteiger partial charge in [-0.05, 0) is 12.1 Å². The molecule has 0 saturated carbocycles. The summed E-state index contributed by atoms with van der Waals surface area (Å²) >= 11 is 0. The van der Waals surface area contributed by atoms with E-state index in [0.29, 0.717) is 0 Å². The highest BCUT2D eigenvalue weighted by Crippen LogP contribution is 2.12. The van der Waals surface area contributed by atoms with Crippen LogP contribution < -0.4 is 5.73 Å². The van der Waals surface area contributed by atoms with Crippen molar-refractivity contribution in [3.8, 4) is 5.75 Å². The molecular weight excluding hydrogens is 104 g/mol. The zero-order valence-electron chi connectivity index (χ0n) is 6.97. The average Bonchev–Trinajstić information content (AvgIpc) is 1.97. The molecule has 0 aliphatic heterocycles. The predicted octanol–water partition coefficient (Wildman–Crippen LogP) is 0.369. The van der Waals surface area contributed by atoms with E-state index in [2.05, 4.69) is 4.98 Å². The van der Waals surface area contributed by atoms with Crippen molar-refractivity contribution in [1.82, 2.24) is 4.98 Å². The highest BCUT2D eigenvalue weighted by atomic mass is 16.3. The molecule has 42 valence electrons. The Bertz CT molecular complexity index is 276. The van der Waals surface area contributed by atoms with Crippen LogP contribution in [0.15, 0.2) is 18.3 Å². The molecule has 0 fully saturated rings. The number of nitrogen functional groups attached to an aromatic ring is 1. The summed E-state index contributed by atoms with van der Waals surface area (Å²) < 4.78 is 21.1. The summed E-state index contributed by atoms with van der Waals surface area (Å²) in [7, 11) is 0. The van der Waals surface area contributed by atoms with Crippen molar-refractivity contribution in [1.29, 1.82) is 0 Å². The van der Waals surface area contributed by atoms with E-state index in [-0.39, 0.29) is 5.82 Å². The molecule has 3 N–H and O–H groups in total. The third-order valence-corrected chi connectivity index (χ3v) is 0.656. The van der Waals surface area contributed by atoms with Crippen LogP contribution >= 0.6 is 0 Å². The van der Waals surface area contributed by atoms with Gasteiger partial charge in [-0.3, -0.25) is 0 Å². The zero-order valence-corrected chi connectivity index (χ0v) is 3.97. The first-order valence-corrected chi connectivity index (χ1v) is 1.96. The van der Waals surface area contributed by atoms with Crippen LogP contribution in [-0.4, -0.2) is 10.1 Å². The van der Waals surface area contributed by atoms with Gasteiger partial charge in [-0.15, -0.1) is 0 Å². The van der Waals surface area contributed by atoms with Gasteiger partial charge in [0.15, 0.2) is 11.6 Å². The first-order chi connectivity index (χ1) is 5.04. The maximum Gasteiger partial charge on any atom is 0.165 e. The summed E-state index contributed by atoms with van der Waals surface area (Å²) in [6.45, 7) is 0. The lowest BCUT2D eigenvalue weighted by atomic mass is 10.4. The number of anilines is 1. The van der Waals surface area contributed by atoms with Crippen LogP contribution in [0.1, 0.15) is 4.11 Å². The maximum atomic E-state index is 8.93. The van der Waals surface area contributed by atoms with E-state index < -0.39 is 24.0 Å². The molecule has 0 bridgehead atoms. The second-order valence-electron chi connectivity index (χ2n) is 1.21. The third-order valence-electron chi connectivity index (χ3n) is 0.656. The summed E-state index contributed by atoms with van der Waals surface area (Å²) in [5.41, 5.74) is 5.11. The van der Waals surface area contributed by atoms with Gasteiger partial charge in [0.2, 0.25) is 0 Å². The number of hydrogen-bond donors (Lipinski definition) is 2. The van der Waals surface area contributed by atoms with Crippen molar-refractivity contribution in [2.24, 2.45) is 0 Å². The van der Waals surface area contributed by atoms with Crippen LogP contribution in [0.25, 0.3) is 0 Å². The second-order valence-corrected chi connectivity index (χ2v) is 1.21. The fraction of sp³-hybridized carbons (Fsp3) is 0. The van der Waals surface area contributed by atoms with Gasteiger partial charge in [0.05, 0.1) is 4.11 Å². The van der Waals surface area contributed by atoms with Crippen LogP contribution in [0.2, 0.25) is 0 Å². The normalized spacial score (nSPS) is 14.2. The SMILES string of the molecule is [2H]c1nc(N)c(O)c([2H])c1[2H]. The molecule has 3 nitrogen and oxygen atoms in total. The van der Waals surface area contributed by atoms with E-state index in [1.807, 2.05) is 0 Å². The molecule has 0 amide bonds. The van der Waals surface area contributed by atoms with Gasteiger partial charge in [0, 0.05) is 6.17 Å². The van der Waals surface area contributed by atoms with E-state index in [1.54, 1.807) is 0 Å². The minimum absolute atomic E-state index is 0.281. The largest absolute Gasteiger partial charge is 0.504 e. The minimum Gasteiger partial charge on any atom is -0.504 e. The minimum atomic E-state index is -0.536. The molecule has 8 heavy (non-hydrogen) atoms. The maximum absolute atomic E-state index is 8.93. The predicted molar refractivity (Wildman–Crippen MR) is 30.3 cm³/mol. The quantitative estimate of drug-likeness (QED) is 0.511. The van der Waals surface area contributed by atoms with E-state index in [4.69, 9.17) is 15.0 Å². The molecule has 0 aliphatic rings. The number of pyridine rings is 1. The highest BCUT2D eigenvalue weighted by Gasteiger charge is 1.89. The van der Waals surface area contributed by atoms with Gasteiger partial charge in [-0.1, -0.05) is 0 Å². The average molecular weight is 113 g/mol. The number of nitrogens with zero attached hydrogens (tertiary/aromatic N) is 1. The summed E-state index contributed by atoms with van der Waals surface area (Å²) in [6, 6.07) is -0.876. The fourth-order valence-electron chi connectivity index (χ4n) is 0.292. The van der Waals surface area contributed by atoms with Crippen molar-refractivity contribution < 1.29 is 9.22 Å². The molecule has 0 spiro atoms. The third kappa shape index (κ3) is 0.703. The van der Waals surface area contributed by atoms with E-state index >= 15 is 0 Å². The number of nitrogens with two attached hydrogens (primary N) is 1. The monoisotopic (exact) mass is 113 g/mol. The topological polar surface area (TPSA) is 59.1 Å². The highest BCUT2D eigenvalue weighted by molar-refractivity contribution is 5.42. The molecule has 1 rings (SSSR count). The van der Waals surface area contributed by atoms with Crippen molar-refractivity contribution in [3.63, 3.8) is 0 Å². The molecule has 1 heterocycles. The van der Waals surface area contributed by atoms with Crippen molar-refractivity contribution in [3.05, 3.63) is 18.3 Å². The first-order valence-electron chi connectivity index (χ1n) is 3.46. The summed E-state index contributed by atoms with van der Waals surface area (Å²) in [5.74, 6) is -0.818. The van der Waals surface area contributed by atoms with Crippen molar-refractivity contribution in [2.45, 2.75) is 0 Å². The summed E-state index contributed by atoms with van der Waals surface area (Å²) in [6.07, 6.45) is -0.398. The van der Waals surface area contributed by atoms with Crippen LogP contribution in [0.4, 0.5) is 5.82 Å². The molecule has 0 aromatic carbocycles. The smallest absolute Gasteiger partial charge is 0.165 e. The van der Waals surface area contributed by atoms with E-state index in [9.17, 15) is 0 Å². The lowest BCUT2D eigenvalue weighted by Crippen LogP contribution is -1.87. The Balaban J connectivity index is 3.46. The van der Waals surface area contributed by atoms with Crippen LogP contribution in [-0.2, 0) is 0 Å². The van der Waals surface area contributed by atoms with Gasteiger partial charge in [-0.25, -0.2) is 4.98 Å².